The van der Waals surface area contributed by atoms with Crippen molar-refractivity contribution < 1.29 is 14.3 Å². The average Bonchev–Trinajstić information content (AvgIpc) is 1.98. The molecule has 0 N–H and O–H groups in total. The highest BCUT2D eigenvalue weighted by Gasteiger charge is 2.04. The van der Waals surface area contributed by atoms with E-state index in [9.17, 15) is 4.79 Å². The molecular weight excluding hydrogens is 144 g/mol. The summed E-state index contributed by atoms with van der Waals surface area (Å²) >= 11 is 0. The molecule has 0 atom stereocenters. The number of hydrogen-bond donors (Lipinski definition) is 0. The first-order chi connectivity index (χ1) is 5.20. The van der Waals surface area contributed by atoms with E-state index in [2.05, 4.69) is 0 Å². The van der Waals surface area contributed by atoms with Gasteiger partial charge in [0.1, 0.15) is 5.78 Å². The lowest BCUT2D eigenvalue weighted by atomic mass is 10.2. The minimum absolute atomic E-state index is 0.158. The Labute approximate surface area is 67.7 Å². The molecule has 3 nitrogen and oxygen atoms in total. The summed E-state index contributed by atoms with van der Waals surface area (Å²) in [6.07, 6.45) is 2.08. The van der Waals surface area contributed by atoms with Gasteiger partial charge in [-0.3, -0.25) is 0 Å². The van der Waals surface area contributed by atoms with Gasteiger partial charge in [-0.1, -0.05) is 0 Å². The summed E-state index contributed by atoms with van der Waals surface area (Å²) in [5.74, 6) is 0.218. The van der Waals surface area contributed by atoms with E-state index < -0.39 is 0 Å². The molecule has 3 heteroatoms. The zero-order chi connectivity index (χ0) is 8.69. The van der Waals surface area contributed by atoms with Gasteiger partial charge in [0.2, 0.25) is 0 Å². The number of ether oxygens (including phenoxy) is 2. The summed E-state index contributed by atoms with van der Waals surface area (Å²) in [5.41, 5.74) is 0. The molecule has 0 radical (unpaired) electrons. The number of ketones is 1. The minimum Gasteiger partial charge on any atom is -0.356 e. The molecule has 0 aromatic carbocycles. The first kappa shape index (κ1) is 10.6. The van der Waals surface area contributed by atoms with E-state index in [0.29, 0.717) is 6.42 Å². The lowest BCUT2D eigenvalue weighted by Gasteiger charge is -2.11. The number of Topliss-reactive ketones (excluding diaryl/α,β-unsaturated/α-hetero) is 1. The second kappa shape index (κ2) is 6.31. The maximum absolute atomic E-state index is 10.5. The van der Waals surface area contributed by atoms with Crippen molar-refractivity contribution in [2.24, 2.45) is 0 Å². The predicted octanol–water partition coefficient (Wildman–Crippen LogP) is 1.36. The van der Waals surface area contributed by atoms with E-state index in [-0.39, 0.29) is 12.1 Å². The molecule has 0 heterocycles. The molecule has 0 rings (SSSR count). The molecule has 0 aliphatic rings. The van der Waals surface area contributed by atoms with Crippen LogP contribution in [0.2, 0.25) is 0 Å². The molecule has 66 valence electrons. The second-order valence-electron chi connectivity index (χ2n) is 2.50. The maximum atomic E-state index is 10.5. The van der Waals surface area contributed by atoms with Gasteiger partial charge >= 0.3 is 0 Å². The SMILES string of the molecule is COC(CCCC(C)=O)OC. The summed E-state index contributed by atoms with van der Waals surface area (Å²) < 4.78 is 9.90. The summed E-state index contributed by atoms with van der Waals surface area (Å²) in [4.78, 5) is 10.5. The highest BCUT2D eigenvalue weighted by Crippen LogP contribution is 2.04. The molecule has 0 unspecified atom stereocenters. The van der Waals surface area contributed by atoms with Gasteiger partial charge in [-0.05, 0) is 19.8 Å². The largest absolute Gasteiger partial charge is 0.356 e. The van der Waals surface area contributed by atoms with Gasteiger partial charge in [0, 0.05) is 20.6 Å². The highest BCUT2D eigenvalue weighted by atomic mass is 16.7. The number of hydrogen-bond acceptors (Lipinski definition) is 3. The van der Waals surface area contributed by atoms with Crippen molar-refractivity contribution in [1.29, 1.82) is 0 Å². The van der Waals surface area contributed by atoms with Crippen LogP contribution in [0.4, 0.5) is 0 Å². The Morgan fingerprint density at radius 3 is 2.27 bits per heavy atom. The molecule has 0 amide bonds. The fraction of sp³-hybridized carbons (Fsp3) is 0.875. The van der Waals surface area contributed by atoms with Crippen LogP contribution >= 0.6 is 0 Å². The average molecular weight is 160 g/mol. The van der Waals surface area contributed by atoms with Crippen LogP contribution in [0.25, 0.3) is 0 Å². The molecular formula is C8H16O3. The number of methoxy groups -OCH3 is 2. The van der Waals surface area contributed by atoms with E-state index in [1.807, 2.05) is 0 Å². The molecule has 0 aliphatic carbocycles. The predicted molar refractivity (Wildman–Crippen MR) is 42.3 cm³/mol. The first-order valence-corrected chi connectivity index (χ1v) is 3.75. The van der Waals surface area contributed by atoms with E-state index in [1.54, 1.807) is 21.1 Å². The molecule has 0 aromatic heterocycles. The number of carbonyl (C=O) groups excluding carboxylic acids is 1. The Morgan fingerprint density at radius 1 is 1.36 bits per heavy atom. The minimum atomic E-state index is -0.158. The molecule has 0 bridgehead atoms. The third kappa shape index (κ3) is 6.01. The van der Waals surface area contributed by atoms with Crippen LogP contribution in [0, 0.1) is 0 Å². The second-order valence-corrected chi connectivity index (χ2v) is 2.50. The number of carbonyl (C=O) groups is 1. The Bertz CT molecular complexity index is 108. The van der Waals surface area contributed by atoms with Gasteiger partial charge < -0.3 is 14.3 Å². The van der Waals surface area contributed by atoms with Gasteiger partial charge in [-0.2, -0.15) is 0 Å². The summed E-state index contributed by atoms with van der Waals surface area (Å²) in [5, 5.41) is 0. The lowest BCUT2D eigenvalue weighted by molar-refractivity contribution is -0.119. The third-order valence-electron chi connectivity index (χ3n) is 1.49. The van der Waals surface area contributed by atoms with E-state index in [4.69, 9.17) is 9.47 Å². The summed E-state index contributed by atoms with van der Waals surface area (Å²) in [7, 11) is 3.20. The molecule has 0 fully saturated rings. The van der Waals surface area contributed by atoms with Gasteiger partial charge in [0.25, 0.3) is 0 Å². The van der Waals surface area contributed by atoms with Gasteiger partial charge in [-0.25, -0.2) is 0 Å². The van der Waals surface area contributed by atoms with Crippen LogP contribution in [-0.2, 0) is 14.3 Å². The quantitative estimate of drug-likeness (QED) is 0.550. The topological polar surface area (TPSA) is 35.5 Å². The molecule has 0 aromatic rings. The van der Waals surface area contributed by atoms with Crippen molar-refractivity contribution in [2.45, 2.75) is 32.5 Å². The smallest absolute Gasteiger partial charge is 0.156 e. The van der Waals surface area contributed by atoms with E-state index in [1.165, 1.54) is 0 Å². The fourth-order valence-corrected chi connectivity index (χ4v) is 0.850. The first-order valence-electron chi connectivity index (χ1n) is 3.75. The van der Waals surface area contributed by atoms with Crippen LogP contribution in [0.1, 0.15) is 26.2 Å². The van der Waals surface area contributed by atoms with Crippen molar-refractivity contribution in [2.75, 3.05) is 14.2 Å². The Kier molecular flexibility index (Phi) is 6.07. The molecule has 0 saturated carbocycles. The fourth-order valence-electron chi connectivity index (χ4n) is 0.850. The van der Waals surface area contributed by atoms with Crippen LogP contribution < -0.4 is 0 Å². The Hall–Kier alpha value is -0.410. The monoisotopic (exact) mass is 160 g/mol. The lowest BCUT2D eigenvalue weighted by Crippen LogP contribution is -2.12. The van der Waals surface area contributed by atoms with Crippen molar-refractivity contribution in [1.82, 2.24) is 0 Å². The van der Waals surface area contributed by atoms with Crippen LogP contribution in [0.15, 0.2) is 0 Å². The van der Waals surface area contributed by atoms with Crippen molar-refractivity contribution in [3.05, 3.63) is 0 Å². The van der Waals surface area contributed by atoms with E-state index >= 15 is 0 Å². The zero-order valence-electron chi connectivity index (χ0n) is 7.42. The normalized spacial score (nSPS) is 10.5. The van der Waals surface area contributed by atoms with Crippen LogP contribution in [-0.4, -0.2) is 26.3 Å². The molecule has 0 spiro atoms. The van der Waals surface area contributed by atoms with Crippen molar-refractivity contribution in [3.63, 3.8) is 0 Å². The Morgan fingerprint density at radius 2 is 1.91 bits per heavy atom. The maximum Gasteiger partial charge on any atom is 0.156 e. The Balaban J connectivity index is 3.28. The van der Waals surface area contributed by atoms with Gasteiger partial charge in [-0.15, -0.1) is 0 Å². The van der Waals surface area contributed by atoms with Gasteiger partial charge in [0.15, 0.2) is 6.29 Å². The summed E-state index contributed by atoms with van der Waals surface area (Å²) in [6, 6.07) is 0. The van der Waals surface area contributed by atoms with Crippen LogP contribution in [0.5, 0.6) is 0 Å². The molecule has 11 heavy (non-hydrogen) atoms. The van der Waals surface area contributed by atoms with Crippen LogP contribution in [0.3, 0.4) is 0 Å². The molecule has 0 saturated heterocycles. The van der Waals surface area contributed by atoms with Crippen molar-refractivity contribution >= 4 is 5.78 Å². The standard InChI is InChI=1S/C8H16O3/c1-7(9)5-4-6-8(10-2)11-3/h8H,4-6H2,1-3H3. The highest BCUT2D eigenvalue weighted by molar-refractivity contribution is 5.75. The summed E-state index contributed by atoms with van der Waals surface area (Å²) in [6.45, 7) is 1.59. The molecule has 0 aliphatic heterocycles. The van der Waals surface area contributed by atoms with Gasteiger partial charge in [0.05, 0.1) is 0 Å². The zero-order valence-corrected chi connectivity index (χ0v) is 7.42. The third-order valence-corrected chi connectivity index (χ3v) is 1.49. The van der Waals surface area contributed by atoms with Crippen molar-refractivity contribution in [3.8, 4) is 0 Å². The van der Waals surface area contributed by atoms with E-state index in [0.717, 1.165) is 12.8 Å². The number of rotatable bonds is 6.